The second-order valence-electron chi connectivity index (χ2n) is 6.27. The molecule has 21 heavy (non-hydrogen) atoms. The summed E-state index contributed by atoms with van der Waals surface area (Å²) in [6.45, 7) is 5.66. The largest absolute Gasteiger partial charge is 0.339 e. The number of benzene rings is 1. The summed E-state index contributed by atoms with van der Waals surface area (Å²) in [7, 11) is 0. The maximum Gasteiger partial charge on any atom is 0.233 e. The molecule has 3 nitrogen and oxygen atoms in total. The van der Waals surface area contributed by atoms with Crippen LogP contribution in [0.2, 0.25) is 0 Å². The summed E-state index contributed by atoms with van der Waals surface area (Å²) >= 11 is 0. The molecule has 1 heterocycles. The van der Waals surface area contributed by atoms with Crippen molar-refractivity contribution in [1.82, 2.24) is 10.2 Å². The Kier molecular flexibility index (Phi) is 4.59. The minimum Gasteiger partial charge on any atom is -0.339 e. The van der Waals surface area contributed by atoms with E-state index in [1.165, 1.54) is 12.1 Å². The average molecular weight is 313 g/mol. The van der Waals surface area contributed by atoms with Gasteiger partial charge in [-0.15, -0.1) is 12.4 Å². The maximum atomic E-state index is 13.4. The smallest absolute Gasteiger partial charge is 0.233 e. The maximum absolute atomic E-state index is 13.4. The third-order valence-electron chi connectivity index (χ3n) is 4.38. The molecular weight excluding hydrogens is 291 g/mol. The zero-order chi connectivity index (χ0) is 14.3. The summed E-state index contributed by atoms with van der Waals surface area (Å²) in [6.07, 6.45) is 1.67. The zero-order valence-electron chi connectivity index (χ0n) is 12.4. The van der Waals surface area contributed by atoms with E-state index in [1.807, 2.05) is 11.0 Å². The number of rotatable bonds is 2. The van der Waals surface area contributed by atoms with E-state index in [2.05, 4.69) is 19.2 Å². The van der Waals surface area contributed by atoms with Gasteiger partial charge in [-0.25, -0.2) is 4.39 Å². The fraction of sp³-hybridized carbons (Fsp3) is 0.562. The molecule has 2 aliphatic rings. The van der Waals surface area contributed by atoms with Crippen LogP contribution in [0.4, 0.5) is 4.39 Å². The van der Waals surface area contributed by atoms with Crippen molar-refractivity contribution in [3.05, 3.63) is 35.6 Å². The number of hydrogen-bond acceptors (Lipinski definition) is 2. The second kappa shape index (κ2) is 5.93. The topological polar surface area (TPSA) is 32.3 Å². The van der Waals surface area contributed by atoms with E-state index >= 15 is 0 Å². The summed E-state index contributed by atoms with van der Waals surface area (Å²) in [5.41, 5.74) is 0.375. The Morgan fingerprint density at radius 2 is 1.90 bits per heavy atom. The molecule has 1 aliphatic heterocycles. The molecule has 0 aromatic heterocycles. The highest BCUT2D eigenvalue weighted by Gasteiger charge is 2.53. The molecule has 1 saturated heterocycles. The first-order chi connectivity index (χ1) is 9.51. The van der Waals surface area contributed by atoms with Gasteiger partial charge in [0.1, 0.15) is 5.82 Å². The summed E-state index contributed by atoms with van der Waals surface area (Å²) in [5.74, 6) is -0.0908. The van der Waals surface area contributed by atoms with Gasteiger partial charge in [-0.3, -0.25) is 4.79 Å². The van der Waals surface area contributed by atoms with Crippen LogP contribution in [0.15, 0.2) is 24.3 Å². The Balaban J connectivity index is 0.00000161. The first-order valence-electron chi connectivity index (χ1n) is 7.33. The van der Waals surface area contributed by atoms with Gasteiger partial charge in [-0.1, -0.05) is 12.1 Å². The predicted molar refractivity (Wildman–Crippen MR) is 83.2 cm³/mol. The van der Waals surface area contributed by atoms with Crippen molar-refractivity contribution in [3.8, 4) is 0 Å². The Morgan fingerprint density at radius 1 is 1.29 bits per heavy atom. The van der Waals surface area contributed by atoms with E-state index in [0.29, 0.717) is 12.1 Å². The molecule has 3 rings (SSSR count). The van der Waals surface area contributed by atoms with Crippen LogP contribution < -0.4 is 5.32 Å². The van der Waals surface area contributed by atoms with Gasteiger partial charge in [-0.05, 0) is 44.4 Å². The lowest BCUT2D eigenvalue weighted by atomic mass is 9.93. The lowest BCUT2D eigenvalue weighted by molar-refractivity contribution is -0.135. The molecule has 1 N–H and O–H groups in total. The number of nitrogens with zero attached hydrogens (tertiary/aromatic N) is 1. The first-order valence-corrected chi connectivity index (χ1v) is 7.33. The Morgan fingerprint density at radius 3 is 2.43 bits per heavy atom. The van der Waals surface area contributed by atoms with Gasteiger partial charge in [0.15, 0.2) is 0 Å². The molecule has 0 radical (unpaired) electrons. The van der Waals surface area contributed by atoms with Crippen LogP contribution in [0, 0.1) is 5.82 Å². The molecule has 1 saturated carbocycles. The SMILES string of the molecule is CC1CN(C(=O)C2(c3cccc(F)c3)CC2)CC(C)N1.Cl. The lowest BCUT2D eigenvalue weighted by Gasteiger charge is -2.38. The van der Waals surface area contributed by atoms with Crippen LogP contribution in [-0.2, 0) is 10.2 Å². The van der Waals surface area contributed by atoms with Gasteiger partial charge >= 0.3 is 0 Å². The Labute approximate surface area is 131 Å². The van der Waals surface area contributed by atoms with Crippen LogP contribution in [0.5, 0.6) is 0 Å². The van der Waals surface area contributed by atoms with Crippen molar-refractivity contribution >= 4 is 18.3 Å². The van der Waals surface area contributed by atoms with E-state index in [0.717, 1.165) is 31.5 Å². The van der Waals surface area contributed by atoms with Crippen molar-refractivity contribution in [1.29, 1.82) is 0 Å². The van der Waals surface area contributed by atoms with E-state index < -0.39 is 5.41 Å². The third-order valence-corrected chi connectivity index (χ3v) is 4.38. The molecule has 2 unspecified atom stereocenters. The van der Waals surface area contributed by atoms with Crippen molar-refractivity contribution < 1.29 is 9.18 Å². The summed E-state index contributed by atoms with van der Waals surface area (Å²) in [5, 5.41) is 3.43. The Hall–Kier alpha value is -1.13. The number of carbonyl (C=O) groups is 1. The zero-order valence-corrected chi connectivity index (χ0v) is 13.3. The molecule has 0 bridgehead atoms. The van der Waals surface area contributed by atoms with E-state index in [1.54, 1.807) is 6.07 Å². The van der Waals surface area contributed by atoms with Gasteiger partial charge in [0.05, 0.1) is 5.41 Å². The first kappa shape index (κ1) is 16.2. The minimum absolute atomic E-state index is 0. The summed E-state index contributed by atoms with van der Waals surface area (Å²) in [4.78, 5) is 14.8. The van der Waals surface area contributed by atoms with E-state index in [9.17, 15) is 9.18 Å². The molecule has 116 valence electrons. The van der Waals surface area contributed by atoms with E-state index in [-0.39, 0.29) is 24.1 Å². The lowest BCUT2D eigenvalue weighted by Crippen LogP contribution is -2.57. The molecule has 0 spiro atoms. The van der Waals surface area contributed by atoms with Crippen LogP contribution >= 0.6 is 12.4 Å². The second-order valence-corrected chi connectivity index (χ2v) is 6.27. The van der Waals surface area contributed by atoms with Gasteiger partial charge < -0.3 is 10.2 Å². The van der Waals surface area contributed by atoms with Crippen LogP contribution in [0.3, 0.4) is 0 Å². The molecule has 1 aromatic carbocycles. The normalized spacial score (nSPS) is 26.9. The molecule has 1 aromatic rings. The molecular formula is C16H22ClFN2O. The molecule has 2 fully saturated rings. The monoisotopic (exact) mass is 312 g/mol. The van der Waals surface area contributed by atoms with Crippen molar-refractivity contribution in [2.24, 2.45) is 0 Å². The number of piperazine rings is 1. The number of carbonyl (C=O) groups excluding carboxylic acids is 1. The van der Waals surface area contributed by atoms with Gasteiger partial charge in [-0.2, -0.15) is 0 Å². The van der Waals surface area contributed by atoms with Crippen LogP contribution in [0.1, 0.15) is 32.3 Å². The third kappa shape index (κ3) is 3.06. The molecule has 5 heteroatoms. The number of amides is 1. The average Bonchev–Trinajstić information content (AvgIpc) is 3.18. The van der Waals surface area contributed by atoms with Gasteiger partial charge in [0, 0.05) is 25.2 Å². The van der Waals surface area contributed by atoms with Crippen LogP contribution in [0.25, 0.3) is 0 Å². The molecule has 1 aliphatic carbocycles. The minimum atomic E-state index is -0.459. The number of nitrogens with one attached hydrogen (secondary N) is 1. The number of hydrogen-bond donors (Lipinski definition) is 1. The van der Waals surface area contributed by atoms with Crippen molar-refractivity contribution in [2.45, 2.75) is 44.2 Å². The fourth-order valence-corrected chi connectivity index (χ4v) is 3.33. The Bertz CT molecular complexity index is 523. The molecule has 2 atom stereocenters. The number of halogens is 2. The standard InChI is InChI=1S/C16H21FN2O.ClH/c1-11-9-19(10-12(2)18-11)15(20)16(6-7-16)13-4-3-5-14(17)8-13;/h3-5,8,11-12,18H,6-7,9-10H2,1-2H3;1H. The van der Waals surface area contributed by atoms with Crippen molar-refractivity contribution in [3.63, 3.8) is 0 Å². The van der Waals surface area contributed by atoms with Crippen molar-refractivity contribution in [2.75, 3.05) is 13.1 Å². The van der Waals surface area contributed by atoms with Crippen LogP contribution in [-0.4, -0.2) is 36.0 Å². The highest BCUT2D eigenvalue weighted by atomic mass is 35.5. The quantitative estimate of drug-likeness (QED) is 0.910. The fourth-order valence-electron chi connectivity index (χ4n) is 3.33. The molecule has 1 amide bonds. The predicted octanol–water partition coefficient (Wildman–Crippen LogP) is 2.49. The van der Waals surface area contributed by atoms with Gasteiger partial charge in [0.2, 0.25) is 5.91 Å². The highest BCUT2D eigenvalue weighted by Crippen LogP contribution is 2.49. The van der Waals surface area contributed by atoms with E-state index in [4.69, 9.17) is 0 Å². The van der Waals surface area contributed by atoms with Gasteiger partial charge in [0.25, 0.3) is 0 Å². The highest BCUT2D eigenvalue weighted by molar-refractivity contribution is 5.91. The summed E-state index contributed by atoms with van der Waals surface area (Å²) < 4.78 is 13.4. The summed E-state index contributed by atoms with van der Waals surface area (Å²) in [6, 6.07) is 7.14.